The zero-order chi connectivity index (χ0) is 15.6. The van der Waals surface area contributed by atoms with Crippen LogP contribution in [-0.2, 0) is 10.0 Å². The van der Waals surface area contributed by atoms with Gasteiger partial charge in [0.15, 0.2) is 0 Å². The molecule has 0 heterocycles. The highest BCUT2D eigenvalue weighted by Gasteiger charge is 2.20. The molecule has 0 aliphatic rings. The Bertz CT molecular complexity index is 767. The number of rotatable bonds is 4. The molecule has 0 spiro atoms. The molecule has 0 aliphatic carbocycles. The second kappa shape index (κ2) is 5.77. The van der Waals surface area contributed by atoms with E-state index in [0.29, 0.717) is 11.4 Å². The Kier molecular flexibility index (Phi) is 4.23. The second-order valence-electron chi connectivity index (χ2n) is 5.01. The van der Waals surface area contributed by atoms with Crippen molar-refractivity contribution >= 4 is 15.7 Å². The van der Waals surface area contributed by atoms with Gasteiger partial charge in [0.25, 0.3) is 10.0 Å². The molecule has 5 heteroatoms. The fraction of sp³-hybridized carbons (Fsp3) is 0.250. The van der Waals surface area contributed by atoms with Gasteiger partial charge in [-0.3, -0.25) is 4.72 Å². The standard InChI is InChI=1S/C16H19NO3S/c1-11-8-9-16(15(10-11)20-4)21(18,19)17-14-7-5-6-12(2)13(14)3/h5-10,17H,1-4H3. The number of benzene rings is 2. The first-order chi connectivity index (χ1) is 9.85. The van der Waals surface area contributed by atoms with Crippen LogP contribution in [0.4, 0.5) is 5.69 Å². The monoisotopic (exact) mass is 305 g/mol. The molecule has 0 bridgehead atoms. The largest absolute Gasteiger partial charge is 0.495 e. The lowest BCUT2D eigenvalue weighted by molar-refractivity contribution is 0.402. The van der Waals surface area contributed by atoms with Gasteiger partial charge in [0.2, 0.25) is 0 Å². The van der Waals surface area contributed by atoms with Crippen molar-refractivity contribution in [1.82, 2.24) is 0 Å². The molecule has 0 atom stereocenters. The van der Waals surface area contributed by atoms with Crippen LogP contribution in [0.2, 0.25) is 0 Å². The lowest BCUT2D eigenvalue weighted by Gasteiger charge is -2.14. The molecule has 4 nitrogen and oxygen atoms in total. The van der Waals surface area contributed by atoms with Gasteiger partial charge in [0, 0.05) is 0 Å². The van der Waals surface area contributed by atoms with Crippen LogP contribution in [0.1, 0.15) is 16.7 Å². The summed E-state index contributed by atoms with van der Waals surface area (Å²) in [7, 11) is -2.22. The molecule has 2 aromatic rings. The number of nitrogens with one attached hydrogen (secondary N) is 1. The molecule has 21 heavy (non-hydrogen) atoms. The summed E-state index contributed by atoms with van der Waals surface area (Å²) < 4.78 is 32.9. The first-order valence-electron chi connectivity index (χ1n) is 6.59. The van der Waals surface area contributed by atoms with Crippen LogP contribution in [-0.4, -0.2) is 15.5 Å². The minimum Gasteiger partial charge on any atom is -0.495 e. The van der Waals surface area contributed by atoms with Crippen molar-refractivity contribution in [2.75, 3.05) is 11.8 Å². The predicted octanol–water partition coefficient (Wildman–Crippen LogP) is 3.42. The van der Waals surface area contributed by atoms with Gasteiger partial charge in [-0.15, -0.1) is 0 Å². The zero-order valence-corrected chi connectivity index (χ0v) is 13.4. The topological polar surface area (TPSA) is 55.4 Å². The minimum absolute atomic E-state index is 0.136. The molecule has 2 rings (SSSR count). The van der Waals surface area contributed by atoms with E-state index in [9.17, 15) is 8.42 Å². The minimum atomic E-state index is -3.69. The summed E-state index contributed by atoms with van der Waals surface area (Å²) in [5.74, 6) is 0.341. The van der Waals surface area contributed by atoms with Gasteiger partial charge >= 0.3 is 0 Å². The predicted molar refractivity (Wildman–Crippen MR) is 84.5 cm³/mol. The number of anilines is 1. The molecular formula is C16H19NO3S. The van der Waals surface area contributed by atoms with Crippen LogP contribution in [0.5, 0.6) is 5.75 Å². The summed E-state index contributed by atoms with van der Waals surface area (Å²) in [6, 6.07) is 10.5. The Labute approximate surface area is 125 Å². The van der Waals surface area contributed by atoms with Crippen LogP contribution >= 0.6 is 0 Å². The van der Waals surface area contributed by atoms with Crippen molar-refractivity contribution in [1.29, 1.82) is 0 Å². The van der Waals surface area contributed by atoms with E-state index in [-0.39, 0.29) is 4.90 Å². The van der Waals surface area contributed by atoms with Gasteiger partial charge in [-0.05, 0) is 55.7 Å². The summed E-state index contributed by atoms with van der Waals surface area (Å²) in [6.07, 6.45) is 0. The molecule has 1 N–H and O–H groups in total. The van der Waals surface area contributed by atoms with Crippen LogP contribution in [0.3, 0.4) is 0 Å². The Balaban J connectivity index is 2.46. The summed E-state index contributed by atoms with van der Waals surface area (Å²) in [6.45, 7) is 5.72. The van der Waals surface area contributed by atoms with E-state index in [1.54, 1.807) is 24.3 Å². The highest BCUT2D eigenvalue weighted by molar-refractivity contribution is 7.92. The molecule has 0 unspecified atom stereocenters. The molecule has 0 aromatic heterocycles. The van der Waals surface area contributed by atoms with Crippen molar-refractivity contribution < 1.29 is 13.2 Å². The van der Waals surface area contributed by atoms with Crippen molar-refractivity contribution in [2.45, 2.75) is 25.7 Å². The third-order valence-corrected chi connectivity index (χ3v) is 4.86. The number of hydrogen-bond acceptors (Lipinski definition) is 3. The molecule has 2 aromatic carbocycles. The number of methoxy groups -OCH3 is 1. The number of aryl methyl sites for hydroxylation is 2. The molecule has 112 valence electrons. The molecule has 0 aliphatic heterocycles. The summed E-state index contributed by atoms with van der Waals surface area (Å²) in [4.78, 5) is 0.136. The lowest BCUT2D eigenvalue weighted by atomic mass is 10.1. The smallest absolute Gasteiger partial charge is 0.265 e. The normalized spacial score (nSPS) is 11.2. The third kappa shape index (κ3) is 3.19. The first kappa shape index (κ1) is 15.4. The average Bonchev–Trinajstić information content (AvgIpc) is 2.43. The zero-order valence-electron chi connectivity index (χ0n) is 12.6. The molecule has 0 saturated heterocycles. The van der Waals surface area contributed by atoms with E-state index < -0.39 is 10.0 Å². The highest BCUT2D eigenvalue weighted by Crippen LogP contribution is 2.28. The van der Waals surface area contributed by atoms with Gasteiger partial charge < -0.3 is 4.74 Å². The number of hydrogen-bond donors (Lipinski definition) is 1. The van der Waals surface area contributed by atoms with Crippen LogP contribution in [0.25, 0.3) is 0 Å². The van der Waals surface area contributed by atoms with Crippen LogP contribution in [0, 0.1) is 20.8 Å². The fourth-order valence-corrected chi connectivity index (χ4v) is 3.33. The van der Waals surface area contributed by atoms with Gasteiger partial charge in [-0.25, -0.2) is 8.42 Å². The maximum atomic E-state index is 12.6. The van der Waals surface area contributed by atoms with E-state index >= 15 is 0 Å². The van der Waals surface area contributed by atoms with E-state index in [0.717, 1.165) is 16.7 Å². The quantitative estimate of drug-likeness (QED) is 0.941. The Hall–Kier alpha value is -2.01. The third-order valence-electron chi connectivity index (χ3n) is 3.46. The highest BCUT2D eigenvalue weighted by atomic mass is 32.2. The Morgan fingerprint density at radius 1 is 1.05 bits per heavy atom. The summed E-state index contributed by atoms with van der Waals surface area (Å²) >= 11 is 0. The first-order valence-corrected chi connectivity index (χ1v) is 8.07. The van der Waals surface area contributed by atoms with E-state index in [4.69, 9.17) is 4.74 Å². The molecular weight excluding hydrogens is 286 g/mol. The van der Waals surface area contributed by atoms with E-state index in [2.05, 4.69) is 4.72 Å². The lowest BCUT2D eigenvalue weighted by Crippen LogP contribution is -2.15. The SMILES string of the molecule is COc1cc(C)ccc1S(=O)(=O)Nc1cccc(C)c1C. The summed E-state index contributed by atoms with van der Waals surface area (Å²) in [5, 5.41) is 0. The van der Waals surface area contributed by atoms with Gasteiger partial charge in [-0.1, -0.05) is 18.2 Å². The number of sulfonamides is 1. The van der Waals surface area contributed by atoms with Gasteiger partial charge in [0.1, 0.15) is 10.6 Å². The molecule has 0 fully saturated rings. The van der Waals surface area contributed by atoms with E-state index in [1.165, 1.54) is 7.11 Å². The Morgan fingerprint density at radius 3 is 2.43 bits per heavy atom. The van der Waals surface area contributed by atoms with Gasteiger partial charge in [0.05, 0.1) is 12.8 Å². The van der Waals surface area contributed by atoms with Crippen molar-refractivity contribution in [3.8, 4) is 5.75 Å². The second-order valence-corrected chi connectivity index (χ2v) is 6.66. The molecule has 0 saturated carbocycles. The summed E-state index contributed by atoms with van der Waals surface area (Å²) in [5.41, 5.74) is 3.47. The van der Waals surface area contributed by atoms with E-state index in [1.807, 2.05) is 32.9 Å². The fourth-order valence-electron chi connectivity index (χ4n) is 2.06. The molecule has 0 radical (unpaired) electrons. The number of ether oxygens (including phenoxy) is 1. The maximum absolute atomic E-state index is 12.6. The maximum Gasteiger partial charge on any atom is 0.265 e. The van der Waals surface area contributed by atoms with Crippen molar-refractivity contribution in [3.05, 3.63) is 53.1 Å². The Morgan fingerprint density at radius 2 is 1.76 bits per heavy atom. The van der Waals surface area contributed by atoms with Crippen LogP contribution < -0.4 is 9.46 Å². The molecule has 0 amide bonds. The van der Waals surface area contributed by atoms with Crippen molar-refractivity contribution in [2.24, 2.45) is 0 Å². The van der Waals surface area contributed by atoms with Crippen LogP contribution in [0.15, 0.2) is 41.3 Å². The van der Waals surface area contributed by atoms with Gasteiger partial charge in [-0.2, -0.15) is 0 Å². The van der Waals surface area contributed by atoms with Crippen molar-refractivity contribution in [3.63, 3.8) is 0 Å². The average molecular weight is 305 g/mol.